The van der Waals surface area contributed by atoms with E-state index in [1.165, 1.54) is 0 Å². The molecule has 96 valence electrons. The van der Waals surface area contributed by atoms with Crippen molar-refractivity contribution in [2.45, 2.75) is 31.7 Å². The van der Waals surface area contributed by atoms with Crippen LogP contribution in [-0.4, -0.2) is 22.5 Å². The summed E-state index contributed by atoms with van der Waals surface area (Å²) in [6.07, 6.45) is 1.85. The third-order valence-corrected chi connectivity index (χ3v) is 4.28. The molecule has 0 aliphatic heterocycles. The molecule has 0 unspecified atom stereocenters. The average molecular weight is 312 g/mol. The lowest BCUT2D eigenvalue weighted by Gasteiger charge is -2.38. The fraction of sp³-hybridized carbons (Fsp3) is 0.385. The highest BCUT2D eigenvalue weighted by Gasteiger charge is 2.45. The van der Waals surface area contributed by atoms with E-state index in [2.05, 4.69) is 21.2 Å². The van der Waals surface area contributed by atoms with E-state index >= 15 is 0 Å². The quantitative estimate of drug-likeness (QED) is 0.901. The number of aryl methyl sites for hydroxylation is 1. The lowest BCUT2D eigenvalue weighted by Crippen LogP contribution is -2.59. The van der Waals surface area contributed by atoms with Crippen molar-refractivity contribution in [3.05, 3.63) is 33.8 Å². The van der Waals surface area contributed by atoms with E-state index in [1.54, 1.807) is 18.2 Å². The molecular weight excluding hydrogens is 298 g/mol. The number of amides is 1. The fourth-order valence-corrected chi connectivity index (χ4v) is 2.24. The van der Waals surface area contributed by atoms with Gasteiger partial charge >= 0.3 is 5.97 Å². The molecular formula is C13H14BrNO3. The molecule has 2 rings (SSSR count). The monoisotopic (exact) mass is 311 g/mol. The Morgan fingerprint density at radius 3 is 2.50 bits per heavy atom. The lowest BCUT2D eigenvalue weighted by atomic mass is 9.76. The molecule has 1 aromatic rings. The molecule has 0 radical (unpaired) electrons. The number of carbonyl (C=O) groups is 2. The first-order valence-electron chi connectivity index (χ1n) is 5.77. The molecule has 1 aliphatic carbocycles. The highest BCUT2D eigenvalue weighted by atomic mass is 79.9. The van der Waals surface area contributed by atoms with Crippen molar-refractivity contribution in [2.75, 3.05) is 0 Å². The minimum atomic E-state index is -1.06. The second-order valence-electron chi connectivity index (χ2n) is 4.66. The Morgan fingerprint density at radius 1 is 1.39 bits per heavy atom. The maximum atomic E-state index is 12.0. The number of nitrogens with one attached hydrogen (secondary N) is 1. The van der Waals surface area contributed by atoms with Crippen LogP contribution in [-0.2, 0) is 4.79 Å². The fourth-order valence-electron chi connectivity index (χ4n) is 2.00. The minimum Gasteiger partial charge on any atom is -0.480 e. The van der Waals surface area contributed by atoms with Gasteiger partial charge in [-0.25, -0.2) is 4.79 Å². The normalized spacial score (nSPS) is 16.8. The van der Waals surface area contributed by atoms with Crippen LogP contribution in [0.2, 0.25) is 0 Å². The summed E-state index contributed by atoms with van der Waals surface area (Å²) in [6, 6.07) is 5.22. The number of hydrogen-bond donors (Lipinski definition) is 2. The van der Waals surface area contributed by atoms with Crippen molar-refractivity contribution in [3.63, 3.8) is 0 Å². The van der Waals surface area contributed by atoms with Crippen LogP contribution in [0.3, 0.4) is 0 Å². The van der Waals surface area contributed by atoms with E-state index in [0.717, 1.165) is 16.5 Å². The van der Waals surface area contributed by atoms with Crippen molar-refractivity contribution in [1.82, 2.24) is 5.32 Å². The maximum absolute atomic E-state index is 12.0. The highest BCUT2D eigenvalue weighted by molar-refractivity contribution is 9.10. The summed E-state index contributed by atoms with van der Waals surface area (Å²) in [5.74, 6) is -1.27. The number of carboxylic acids is 1. The van der Waals surface area contributed by atoms with Gasteiger partial charge in [-0.1, -0.05) is 15.9 Å². The molecule has 0 atom stereocenters. The molecule has 1 saturated carbocycles. The van der Waals surface area contributed by atoms with E-state index < -0.39 is 11.5 Å². The molecule has 0 spiro atoms. The first kappa shape index (κ1) is 13.1. The van der Waals surface area contributed by atoms with Crippen LogP contribution < -0.4 is 5.32 Å². The van der Waals surface area contributed by atoms with E-state index in [9.17, 15) is 9.59 Å². The van der Waals surface area contributed by atoms with E-state index in [4.69, 9.17) is 5.11 Å². The van der Waals surface area contributed by atoms with Gasteiger partial charge in [0.15, 0.2) is 0 Å². The van der Waals surface area contributed by atoms with Gasteiger partial charge in [-0.05, 0) is 49.9 Å². The van der Waals surface area contributed by atoms with Crippen LogP contribution in [0.1, 0.15) is 35.2 Å². The van der Waals surface area contributed by atoms with Gasteiger partial charge in [-0.15, -0.1) is 0 Å². The zero-order valence-corrected chi connectivity index (χ0v) is 11.6. The molecule has 5 heteroatoms. The average Bonchev–Trinajstić information content (AvgIpc) is 2.26. The summed E-state index contributed by atoms with van der Waals surface area (Å²) < 4.78 is 0.927. The first-order valence-corrected chi connectivity index (χ1v) is 6.56. The molecule has 2 N–H and O–H groups in total. The Hall–Kier alpha value is -1.36. The van der Waals surface area contributed by atoms with Crippen LogP contribution in [0, 0.1) is 6.92 Å². The van der Waals surface area contributed by atoms with Crippen LogP contribution >= 0.6 is 15.9 Å². The maximum Gasteiger partial charge on any atom is 0.329 e. The van der Waals surface area contributed by atoms with E-state index in [0.29, 0.717) is 18.4 Å². The van der Waals surface area contributed by atoms with Crippen LogP contribution in [0.5, 0.6) is 0 Å². The Labute approximate surface area is 114 Å². The van der Waals surface area contributed by atoms with Gasteiger partial charge in [-0.2, -0.15) is 0 Å². The second kappa shape index (κ2) is 4.72. The summed E-state index contributed by atoms with van der Waals surface area (Å²) in [5, 5.41) is 11.8. The number of carboxylic acid groups (broad SMARTS) is 1. The summed E-state index contributed by atoms with van der Waals surface area (Å²) in [5.41, 5.74) is 0.377. The van der Waals surface area contributed by atoms with Gasteiger partial charge in [0.2, 0.25) is 0 Å². The molecule has 0 heterocycles. The number of benzene rings is 1. The summed E-state index contributed by atoms with van der Waals surface area (Å²) >= 11 is 3.36. The predicted molar refractivity (Wildman–Crippen MR) is 70.6 cm³/mol. The van der Waals surface area contributed by atoms with Gasteiger partial charge in [0.05, 0.1) is 0 Å². The minimum absolute atomic E-state index is 0.326. The van der Waals surface area contributed by atoms with Gasteiger partial charge in [0.1, 0.15) is 5.54 Å². The third-order valence-electron chi connectivity index (χ3n) is 3.39. The zero-order valence-electron chi connectivity index (χ0n) is 10.00. The summed E-state index contributed by atoms with van der Waals surface area (Å²) in [4.78, 5) is 23.2. The molecule has 18 heavy (non-hydrogen) atoms. The van der Waals surface area contributed by atoms with Gasteiger partial charge in [0.25, 0.3) is 5.91 Å². The third kappa shape index (κ3) is 2.27. The number of aliphatic carboxylic acids is 1. The highest BCUT2D eigenvalue weighted by Crippen LogP contribution is 2.32. The number of carbonyl (C=O) groups excluding carboxylic acids is 1. The Morgan fingerprint density at radius 2 is 2.06 bits per heavy atom. The Balaban J connectivity index is 2.17. The molecule has 0 saturated heterocycles. The molecule has 1 amide bonds. The summed E-state index contributed by atoms with van der Waals surface area (Å²) in [7, 11) is 0. The van der Waals surface area contributed by atoms with Crippen LogP contribution in [0.25, 0.3) is 0 Å². The molecule has 0 bridgehead atoms. The molecule has 1 aromatic carbocycles. The van der Waals surface area contributed by atoms with Crippen molar-refractivity contribution in [2.24, 2.45) is 0 Å². The van der Waals surface area contributed by atoms with Gasteiger partial charge in [0, 0.05) is 10.0 Å². The van der Waals surface area contributed by atoms with E-state index in [-0.39, 0.29) is 5.91 Å². The lowest BCUT2D eigenvalue weighted by molar-refractivity contribution is -0.148. The number of rotatable bonds is 3. The van der Waals surface area contributed by atoms with Crippen molar-refractivity contribution in [1.29, 1.82) is 0 Å². The van der Waals surface area contributed by atoms with E-state index in [1.807, 2.05) is 6.92 Å². The molecule has 1 aliphatic rings. The Bertz CT molecular complexity index is 509. The number of hydrogen-bond acceptors (Lipinski definition) is 2. The van der Waals surface area contributed by atoms with Crippen LogP contribution in [0.15, 0.2) is 22.7 Å². The smallest absolute Gasteiger partial charge is 0.329 e. The molecule has 0 aromatic heterocycles. The topological polar surface area (TPSA) is 66.4 Å². The zero-order chi connectivity index (χ0) is 13.3. The summed E-state index contributed by atoms with van der Waals surface area (Å²) in [6.45, 7) is 1.89. The number of halogens is 1. The van der Waals surface area contributed by atoms with Gasteiger partial charge in [-0.3, -0.25) is 4.79 Å². The van der Waals surface area contributed by atoms with Crippen molar-refractivity contribution in [3.8, 4) is 0 Å². The van der Waals surface area contributed by atoms with Crippen LogP contribution in [0.4, 0.5) is 0 Å². The second-order valence-corrected chi connectivity index (χ2v) is 5.51. The predicted octanol–water partition coefficient (Wildman–Crippen LogP) is 2.49. The van der Waals surface area contributed by atoms with Gasteiger partial charge < -0.3 is 10.4 Å². The standard InChI is InChI=1S/C13H14BrNO3/c1-8-7-9(3-4-10(8)14)11(16)15-13(12(17)18)5-2-6-13/h3-4,7H,2,5-6H2,1H3,(H,15,16)(H,17,18). The SMILES string of the molecule is Cc1cc(C(=O)NC2(C(=O)O)CCC2)ccc1Br. The molecule has 1 fully saturated rings. The van der Waals surface area contributed by atoms with Crippen molar-refractivity contribution < 1.29 is 14.7 Å². The van der Waals surface area contributed by atoms with Crippen molar-refractivity contribution >= 4 is 27.8 Å². The molecule has 4 nitrogen and oxygen atoms in total. The first-order chi connectivity index (χ1) is 8.44. The Kier molecular flexibility index (Phi) is 3.43. The largest absolute Gasteiger partial charge is 0.480 e.